The lowest BCUT2D eigenvalue weighted by atomic mass is 9.50. The van der Waals surface area contributed by atoms with Gasteiger partial charge in [0.2, 0.25) is 11.6 Å². The van der Waals surface area contributed by atoms with Crippen LogP contribution in [-0.2, 0) is 20.9 Å². The van der Waals surface area contributed by atoms with Gasteiger partial charge >= 0.3 is 0 Å². The number of benzene rings is 2. The van der Waals surface area contributed by atoms with E-state index in [1.807, 2.05) is 18.2 Å². The van der Waals surface area contributed by atoms with Gasteiger partial charge in [0.25, 0.3) is 5.91 Å². The number of phenols is 1. The number of carbonyl (C=O) groups excluding carboxylic acids is 3. The number of nitrogens with two attached hydrogens (primary N) is 1. The zero-order valence-electron chi connectivity index (χ0n) is 25.1. The molecule has 2 aliphatic carbocycles. The number of nitrogens with zero attached hydrogens (tertiary/aromatic N) is 1. The Kier molecular flexibility index (Phi) is 7.86. The van der Waals surface area contributed by atoms with E-state index in [0.29, 0.717) is 17.7 Å². The highest BCUT2D eigenvalue weighted by atomic mass is 16.5. The van der Waals surface area contributed by atoms with Crippen molar-refractivity contribution in [1.82, 2.24) is 4.90 Å². The van der Waals surface area contributed by atoms with Crippen molar-refractivity contribution in [2.24, 2.45) is 17.1 Å². The molecule has 1 heterocycles. The minimum Gasteiger partial charge on any atom is -0.515 e. The first-order valence-electron chi connectivity index (χ1n) is 14.6. The maximum Gasteiger partial charge on any atom is 0.255 e. The summed E-state index contributed by atoms with van der Waals surface area (Å²) in [5.74, 6) is -6.72. The molecule has 5 atom stereocenters. The van der Waals surface area contributed by atoms with Gasteiger partial charge in [-0.1, -0.05) is 32.9 Å². The number of Topliss-reactive ketones (excluding diaryl/α,β-unsaturated/α-hetero) is 2. The first-order chi connectivity index (χ1) is 20.7. The van der Waals surface area contributed by atoms with Crippen LogP contribution in [0.2, 0.25) is 0 Å². The summed E-state index contributed by atoms with van der Waals surface area (Å²) in [6.45, 7) is 7.19. The van der Waals surface area contributed by atoms with Gasteiger partial charge in [0, 0.05) is 23.4 Å². The number of aromatic hydroxyl groups is 1. The Hall–Kier alpha value is -4.19. The lowest BCUT2D eigenvalue weighted by Crippen LogP contribution is -2.67. The lowest BCUT2D eigenvalue weighted by Gasteiger charge is -2.54. The molecular formula is C33H38N2O9. The summed E-state index contributed by atoms with van der Waals surface area (Å²) in [7, 11) is 1.61. The second-order valence-electron chi connectivity index (χ2n) is 12.2. The number of hydrogen-bond donors (Lipinski definition) is 6. The third-order valence-corrected chi connectivity index (χ3v) is 10.1. The highest BCUT2D eigenvalue weighted by Gasteiger charge is 2.67. The molecule has 1 amide bonds. The van der Waals surface area contributed by atoms with Crippen LogP contribution in [0.15, 0.2) is 47.7 Å². The molecule has 1 saturated heterocycles. The van der Waals surface area contributed by atoms with E-state index < -0.39 is 63.3 Å². The molecule has 11 nitrogen and oxygen atoms in total. The quantitative estimate of drug-likeness (QED) is 0.118. The Morgan fingerprint density at radius 1 is 1.14 bits per heavy atom. The zero-order valence-corrected chi connectivity index (χ0v) is 25.1. The van der Waals surface area contributed by atoms with Crippen molar-refractivity contribution in [2.75, 3.05) is 20.2 Å². The second kappa shape index (κ2) is 11.1. The third-order valence-electron chi connectivity index (χ3n) is 10.1. The van der Waals surface area contributed by atoms with Crippen molar-refractivity contribution in [3.05, 3.63) is 64.4 Å². The molecule has 2 aromatic rings. The molecule has 44 heavy (non-hydrogen) atoms. The molecule has 0 bridgehead atoms. The van der Waals surface area contributed by atoms with Crippen molar-refractivity contribution in [1.29, 1.82) is 0 Å². The van der Waals surface area contributed by atoms with E-state index in [4.69, 9.17) is 10.5 Å². The maximum atomic E-state index is 14.1. The minimum atomic E-state index is -3.04. The van der Waals surface area contributed by atoms with Crippen molar-refractivity contribution < 1.29 is 44.7 Å². The maximum absolute atomic E-state index is 14.1. The molecular weight excluding hydrogens is 568 g/mol. The highest BCUT2D eigenvalue weighted by Crippen LogP contribution is 2.61. The van der Waals surface area contributed by atoms with Gasteiger partial charge in [-0.15, -0.1) is 0 Å². The molecule has 11 heteroatoms. The molecule has 0 unspecified atom stereocenters. The molecule has 3 aliphatic rings. The molecule has 1 aliphatic heterocycles. The van der Waals surface area contributed by atoms with E-state index in [1.54, 1.807) is 27.0 Å². The Morgan fingerprint density at radius 2 is 1.80 bits per heavy atom. The number of rotatable bonds is 7. The molecule has 0 aromatic heterocycles. The summed E-state index contributed by atoms with van der Waals surface area (Å²) in [5.41, 5.74) is 1.84. The number of fused-ring (bicyclic) bond motifs is 2. The van der Waals surface area contributed by atoms with Gasteiger partial charge < -0.3 is 36.0 Å². The van der Waals surface area contributed by atoms with Crippen LogP contribution in [0.4, 0.5) is 0 Å². The average Bonchev–Trinajstić information content (AvgIpc) is 3.51. The topological polar surface area (TPSA) is 191 Å². The highest BCUT2D eigenvalue weighted by molar-refractivity contribution is 6.32. The van der Waals surface area contributed by atoms with E-state index in [2.05, 4.69) is 4.90 Å². The van der Waals surface area contributed by atoms with Crippen LogP contribution in [0.1, 0.15) is 56.2 Å². The number of ketones is 2. The molecule has 7 N–H and O–H groups in total. The number of likely N-dealkylation sites (tertiary alicyclic amines) is 1. The number of primary amides is 1. The van der Waals surface area contributed by atoms with Crippen LogP contribution in [0, 0.1) is 11.3 Å². The fraction of sp³-hybridized carbons (Fsp3) is 0.424. The van der Waals surface area contributed by atoms with Crippen molar-refractivity contribution in [3.63, 3.8) is 0 Å². The van der Waals surface area contributed by atoms with Crippen LogP contribution in [0.3, 0.4) is 0 Å². The monoisotopic (exact) mass is 606 g/mol. The number of carbonyl (C=O) groups is 3. The number of methoxy groups -OCH3 is 1. The zero-order chi connectivity index (χ0) is 32.3. The van der Waals surface area contributed by atoms with Gasteiger partial charge in [-0.05, 0) is 66.7 Å². The van der Waals surface area contributed by atoms with Crippen molar-refractivity contribution >= 4 is 23.2 Å². The predicted molar refractivity (Wildman–Crippen MR) is 161 cm³/mol. The SMILES string of the molecule is COc1ccc(-c2ccc(O)c3c2[C@H](C)[C@]2(C)C(=C3O)C(=O)[C@](O)(C(=O)/C(=C/O)C(N)=O)[C@@H](C)[C@H]2O)cc1CN1CCCC1. The van der Waals surface area contributed by atoms with Gasteiger partial charge in [0.15, 0.2) is 5.60 Å². The standard InChI is InChI=1S/C33H38N2O9/c1-16-24-20(18-7-10-23(44-4)19(13-18)14-35-11-5-6-12-35)8-9-22(37)25(24)27(38)26-30(41)33(43,17(2)28(39)32(16,26)3)29(40)21(15-36)31(34)42/h7-10,13,15-17,28,36-39,43H,5-6,11-12,14H2,1-4H3,(H2,34,42)/b21-15-/t16-,17-,28+,32+,33+/m0/s1. The first kappa shape index (κ1) is 31.2. The van der Waals surface area contributed by atoms with Gasteiger partial charge in [-0.3, -0.25) is 19.3 Å². The summed E-state index contributed by atoms with van der Waals surface area (Å²) >= 11 is 0. The van der Waals surface area contributed by atoms with E-state index in [0.717, 1.165) is 42.8 Å². The number of phenolic OH excluding ortho intramolecular Hbond substituents is 1. The van der Waals surface area contributed by atoms with Gasteiger partial charge in [-0.2, -0.15) is 0 Å². The number of ether oxygens (including phenoxy) is 1. The molecule has 1 saturated carbocycles. The summed E-state index contributed by atoms with van der Waals surface area (Å²) in [5, 5.41) is 55.5. The Balaban J connectivity index is 1.72. The molecule has 5 rings (SSSR count). The predicted octanol–water partition coefficient (Wildman–Crippen LogP) is 2.86. The van der Waals surface area contributed by atoms with Crippen LogP contribution in [0.25, 0.3) is 16.9 Å². The lowest BCUT2D eigenvalue weighted by molar-refractivity contribution is -0.170. The molecule has 2 aromatic carbocycles. The summed E-state index contributed by atoms with van der Waals surface area (Å²) in [6.07, 6.45) is 0.732. The Morgan fingerprint density at radius 3 is 2.39 bits per heavy atom. The number of aliphatic hydroxyl groups is 4. The van der Waals surface area contributed by atoms with Crippen LogP contribution < -0.4 is 10.5 Å². The molecule has 2 fully saturated rings. The fourth-order valence-corrected chi connectivity index (χ4v) is 7.36. The van der Waals surface area contributed by atoms with E-state index >= 15 is 0 Å². The summed E-state index contributed by atoms with van der Waals surface area (Å²) in [4.78, 5) is 41.6. The van der Waals surface area contributed by atoms with E-state index in [1.165, 1.54) is 13.0 Å². The normalized spacial score (nSPS) is 28.9. The number of hydrogen-bond acceptors (Lipinski definition) is 10. The van der Waals surface area contributed by atoms with Crippen molar-refractivity contribution in [3.8, 4) is 22.6 Å². The second-order valence-corrected chi connectivity index (χ2v) is 12.2. The van der Waals surface area contributed by atoms with Crippen LogP contribution in [0.5, 0.6) is 11.5 Å². The largest absolute Gasteiger partial charge is 0.515 e. The third kappa shape index (κ3) is 4.33. The Bertz CT molecular complexity index is 1620. The summed E-state index contributed by atoms with van der Waals surface area (Å²) in [6, 6.07) is 8.80. The van der Waals surface area contributed by atoms with Gasteiger partial charge in [0.05, 0.1) is 30.6 Å². The van der Waals surface area contributed by atoms with Crippen LogP contribution in [-0.4, -0.2) is 79.8 Å². The van der Waals surface area contributed by atoms with Crippen molar-refractivity contribution in [2.45, 2.75) is 57.8 Å². The molecule has 0 radical (unpaired) electrons. The molecule has 234 valence electrons. The van der Waals surface area contributed by atoms with E-state index in [-0.39, 0.29) is 17.6 Å². The summed E-state index contributed by atoms with van der Waals surface area (Å²) < 4.78 is 5.63. The first-order valence-corrected chi connectivity index (χ1v) is 14.6. The fourth-order valence-electron chi connectivity index (χ4n) is 7.36. The van der Waals surface area contributed by atoms with E-state index in [9.17, 15) is 39.9 Å². The average molecular weight is 607 g/mol. The van der Waals surface area contributed by atoms with Gasteiger partial charge in [-0.25, -0.2) is 0 Å². The molecule has 0 spiro atoms. The van der Waals surface area contributed by atoms with Gasteiger partial charge in [0.1, 0.15) is 22.8 Å². The van der Waals surface area contributed by atoms with Crippen LogP contribution >= 0.6 is 0 Å². The minimum absolute atomic E-state index is 0.0721. The number of aliphatic hydroxyl groups excluding tert-OH is 3. The number of amides is 1. The Labute approximate surface area is 254 Å². The smallest absolute Gasteiger partial charge is 0.255 e.